The average molecular weight is 398 g/mol. The minimum Gasteiger partial charge on any atom is -0.356 e. The minimum absolute atomic E-state index is 0.105. The van der Waals surface area contributed by atoms with Gasteiger partial charge in [0, 0.05) is 15.2 Å². The zero-order chi connectivity index (χ0) is 16.3. The highest BCUT2D eigenvalue weighted by atomic mass is 79.9. The molecular formula is C17H18BrClN2S. The van der Waals surface area contributed by atoms with Crippen LogP contribution in [0.5, 0.6) is 0 Å². The molecule has 0 aromatic heterocycles. The largest absolute Gasteiger partial charge is 0.356 e. The number of benzene rings is 2. The molecule has 0 saturated heterocycles. The molecule has 0 saturated carbocycles. The molecule has 0 aliphatic heterocycles. The molecular weight excluding hydrogens is 380 g/mol. The van der Waals surface area contributed by atoms with Crippen LogP contribution in [0.3, 0.4) is 0 Å². The molecule has 5 heteroatoms. The van der Waals surface area contributed by atoms with Gasteiger partial charge in [0.25, 0.3) is 0 Å². The van der Waals surface area contributed by atoms with Crippen LogP contribution in [-0.4, -0.2) is 5.11 Å². The molecule has 2 nitrogen and oxygen atoms in total. The standard InChI is InChI=1S/C17H18BrClN2S/c1-10-8-14(18)9-11(2)16(10)21-17(22)20-12(3)13-4-6-15(19)7-5-13/h4-9,12H,1-3H3,(H2,20,21,22). The lowest BCUT2D eigenvalue weighted by Gasteiger charge is -2.19. The van der Waals surface area contributed by atoms with E-state index in [-0.39, 0.29) is 6.04 Å². The van der Waals surface area contributed by atoms with Crippen molar-refractivity contribution in [1.29, 1.82) is 0 Å². The molecule has 116 valence electrons. The maximum Gasteiger partial charge on any atom is 0.171 e. The summed E-state index contributed by atoms with van der Waals surface area (Å²) in [7, 11) is 0. The Morgan fingerprint density at radius 1 is 1.14 bits per heavy atom. The van der Waals surface area contributed by atoms with E-state index in [4.69, 9.17) is 23.8 Å². The predicted octanol–water partition coefficient (Wildman–Crippen LogP) is 5.77. The van der Waals surface area contributed by atoms with Crippen molar-refractivity contribution in [3.63, 3.8) is 0 Å². The summed E-state index contributed by atoms with van der Waals surface area (Å²) in [6, 6.07) is 12.0. The Labute approximate surface area is 150 Å². The maximum absolute atomic E-state index is 5.91. The second-order valence-corrected chi connectivity index (χ2v) is 7.05. The van der Waals surface area contributed by atoms with Crippen LogP contribution in [0.15, 0.2) is 40.9 Å². The fourth-order valence-electron chi connectivity index (χ4n) is 2.29. The lowest BCUT2D eigenvalue weighted by atomic mass is 10.1. The van der Waals surface area contributed by atoms with Crippen molar-refractivity contribution in [2.24, 2.45) is 0 Å². The van der Waals surface area contributed by atoms with Gasteiger partial charge < -0.3 is 10.6 Å². The first-order valence-electron chi connectivity index (χ1n) is 6.96. The number of nitrogens with one attached hydrogen (secondary N) is 2. The summed E-state index contributed by atoms with van der Waals surface area (Å²) in [6.07, 6.45) is 0. The summed E-state index contributed by atoms with van der Waals surface area (Å²) in [5, 5.41) is 7.93. The Hall–Kier alpha value is -1.10. The smallest absolute Gasteiger partial charge is 0.171 e. The summed E-state index contributed by atoms with van der Waals surface area (Å²) < 4.78 is 1.07. The molecule has 2 rings (SSSR count). The van der Waals surface area contributed by atoms with Gasteiger partial charge in [-0.3, -0.25) is 0 Å². The third kappa shape index (κ3) is 4.45. The molecule has 0 amide bonds. The predicted molar refractivity (Wildman–Crippen MR) is 103 cm³/mol. The van der Waals surface area contributed by atoms with Crippen LogP contribution < -0.4 is 10.6 Å². The van der Waals surface area contributed by atoms with E-state index < -0.39 is 0 Å². The summed E-state index contributed by atoms with van der Waals surface area (Å²) >= 11 is 14.8. The molecule has 2 N–H and O–H groups in total. The first kappa shape index (κ1) is 17.3. The van der Waals surface area contributed by atoms with Gasteiger partial charge in [0.05, 0.1) is 6.04 Å². The van der Waals surface area contributed by atoms with Crippen LogP contribution in [0.1, 0.15) is 29.7 Å². The van der Waals surface area contributed by atoms with Gasteiger partial charge in [-0.1, -0.05) is 39.7 Å². The Bertz CT molecular complexity index is 663. The van der Waals surface area contributed by atoms with Crippen molar-refractivity contribution in [3.05, 3.63) is 62.6 Å². The molecule has 0 fully saturated rings. The number of aryl methyl sites for hydroxylation is 2. The van der Waals surface area contributed by atoms with Crippen LogP contribution in [0, 0.1) is 13.8 Å². The number of rotatable bonds is 3. The van der Waals surface area contributed by atoms with Crippen LogP contribution in [0.25, 0.3) is 0 Å². The third-order valence-corrected chi connectivity index (χ3v) is 4.38. The number of anilines is 1. The van der Waals surface area contributed by atoms with Gasteiger partial charge in [-0.2, -0.15) is 0 Å². The zero-order valence-electron chi connectivity index (χ0n) is 12.7. The van der Waals surface area contributed by atoms with Crippen molar-refractivity contribution in [2.45, 2.75) is 26.8 Å². The Balaban J connectivity index is 2.05. The van der Waals surface area contributed by atoms with E-state index in [1.54, 1.807) is 0 Å². The molecule has 0 bridgehead atoms. The normalized spacial score (nSPS) is 11.9. The molecule has 0 radical (unpaired) electrons. The van der Waals surface area contributed by atoms with Crippen LogP contribution in [0.4, 0.5) is 5.69 Å². The van der Waals surface area contributed by atoms with E-state index in [0.29, 0.717) is 5.11 Å². The van der Waals surface area contributed by atoms with Crippen LogP contribution >= 0.6 is 39.7 Å². The van der Waals surface area contributed by atoms with Crippen molar-refractivity contribution >= 4 is 50.5 Å². The van der Waals surface area contributed by atoms with E-state index >= 15 is 0 Å². The fourth-order valence-corrected chi connectivity index (χ4v) is 3.38. The number of hydrogen-bond acceptors (Lipinski definition) is 1. The van der Waals surface area contributed by atoms with Gasteiger partial charge in [0.15, 0.2) is 5.11 Å². The van der Waals surface area contributed by atoms with Gasteiger partial charge in [-0.25, -0.2) is 0 Å². The molecule has 1 unspecified atom stereocenters. The van der Waals surface area contributed by atoms with Gasteiger partial charge in [-0.15, -0.1) is 0 Å². The van der Waals surface area contributed by atoms with Gasteiger partial charge in [0.1, 0.15) is 0 Å². The van der Waals surface area contributed by atoms with Crippen LogP contribution in [-0.2, 0) is 0 Å². The lowest BCUT2D eigenvalue weighted by Crippen LogP contribution is -2.31. The number of thiocarbonyl (C=S) groups is 1. The van der Waals surface area contributed by atoms with Gasteiger partial charge in [-0.05, 0) is 73.9 Å². The zero-order valence-corrected chi connectivity index (χ0v) is 15.9. The third-order valence-electron chi connectivity index (χ3n) is 3.45. The molecule has 2 aromatic carbocycles. The second kappa shape index (κ2) is 7.44. The van der Waals surface area contributed by atoms with Crippen molar-refractivity contribution in [2.75, 3.05) is 5.32 Å². The van der Waals surface area contributed by atoms with Crippen molar-refractivity contribution in [3.8, 4) is 0 Å². The summed E-state index contributed by atoms with van der Waals surface area (Å²) in [5.41, 5.74) is 4.48. The average Bonchev–Trinajstić information content (AvgIpc) is 2.43. The van der Waals surface area contributed by atoms with E-state index in [9.17, 15) is 0 Å². The van der Waals surface area contributed by atoms with Crippen molar-refractivity contribution < 1.29 is 0 Å². The summed E-state index contributed by atoms with van der Waals surface area (Å²) in [5.74, 6) is 0. The molecule has 0 aliphatic carbocycles. The number of halogens is 2. The molecule has 2 aromatic rings. The topological polar surface area (TPSA) is 24.1 Å². The Morgan fingerprint density at radius 2 is 1.68 bits per heavy atom. The summed E-state index contributed by atoms with van der Waals surface area (Å²) in [4.78, 5) is 0. The fraction of sp³-hybridized carbons (Fsp3) is 0.235. The lowest BCUT2D eigenvalue weighted by molar-refractivity contribution is 0.722. The Morgan fingerprint density at radius 3 is 2.23 bits per heavy atom. The number of hydrogen-bond donors (Lipinski definition) is 2. The highest BCUT2D eigenvalue weighted by Crippen LogP contribution is 2.25. The quantitative estimate of drug-likeness (QED) is 0.643. The maximum atomic E-state index is 5.91. The summed E-state index contributed by atoms with van der Waals surface area (Å²) in [6.45, 7) is 6.19. The minimum atomic E-state index is 0.105. The molecule has 0 spiro atoms. The highest BCUT2D eigenvalue weighted by Gasteiger charge is 2.10. The highest BCUT2D eigenvalue weighted by molar-refractivity contribution is 9.10. The van der Waals surface area contributed by atoms with E-state index in [1.165, 1.54) is 0 Å². The molecule has 1 atom stereocenters. The van der Waals surface area contributed by atoms with E-state index in [1.807, 2.05) is 24.3 Å². The van der Waals surface area contributed by atoms with Crippen molar-refractivity contribution in [1.82, 2.24) is 5.32 Å². The molecule has 0 heterocycles. The van der Waals surface area contributed by atoms with Crippen LogP contribution in [0.2, 0.25) is 5.02 Å². The monoisotopic (exact) mass is 396 g/mol. The molecule has 22 heavy (non-hydrogen) atoms. The van der Waals surface area contributed by atoms with E-state index in [0.717, 1.165) is 31.9 Å². The van der Waals surface area contributed by atoms with E-state index in [2.05, 4.69) is 59.5 Å². The SMILES string of the molecule is Cc1cc(Br)cc(C)c1NC(=S)NC(C)c1ccc(Cl)cc1. The first-order valence-corrected chi connectivity index (χ1v) is 8.54. The van der Waals surface area contributed by atoms with Gasteiger partial charge >= 0.3 is 0 Å². The first-order chi connectivity index (χ1) is 10.4. The Kier molecular flexibility index (Phi) is 5.84. The molecule has 0 aliphatic rings. The second-order valence-electron chi connectivity index (χ2n) is 5.29. The van der Waals surface area contributed by atoms with Gasteiger partial charge in [0.2, 0.25) is 0 Å².